The van der Waals surface area contributed by atoms with Crippen molar-refractivity contribution in [3.05, 3.63) is 0 Å². The number of hydrogen-bond donors (Lipinski definition) is 0. The minimum atomic E-state index is 0. The van der Waals surface area contributed by atoms with E-state index >= 15 is 0 Å². The number of carbonyl (C=O) groups excluding carboxylic acids is 1. The minimum Gasteiger partial charge on any atom is -0.542 e. The Hall–Kier alpha value is 0.318. The van der Waals surface area contributed by atoms with Crippen molar-refractivity contribution in [2.24, 2.45) is 11.8 Å². The van der Waals surface area contributed by atoms with E-state index in [-0.39, 0.29) is 33.1 Å². The van der Waals surface area contributed by atoms with Crippen LogP contribution in [0.15, 0.2) is 0 Å². The zero-order valence-corrected chi connectivity index (χ0v) is 11.1. The molecule has 0 fully saturated rings. The van der Waals surface area contributed by atoms with E-state index in [0.717, 1.165) is 0 Å². The van der Waals surface area contributed by atoms with E-state index in [1.54, 1.807) is 7.11 Å². The van der Waals surface area contributed by atoms with E-state index in [0.29, 0.717) is 12.3 Å². The molecule has 0 bridgehead atoms. The normalized spacial score (nSPS) is 15.1. The molecule has 2 nitrogen and oxygen atoms in total. The summed E-state index contributed by atoms with van der Waals surface area (Å²) in [5.74, 6) is 0.737. The molecule has 12 heavy (non-hydrogen) atoms. The Morgan fingerprint density at radius 1 is 1.33 bits per heavy atom. The van der Waals surface area contributed by atoms with Gasteiger partial charge < -0.3 is 9.53 Å². The van der Waals surface area contributed by atoms with Crippen LogP contribution in [0.2, 0.25) is 0 Å². The largest absolute Gasteiger partial charge is 0.542 e. The zero-order chi connectivity index (χ0) is 8.85. The van der Waals surface area contributed by atoms with Crippen molar-refractivity contribution in [2.45, 2.75) is 33.3 Å². The summed E-state index contributed by atoms with van der Waals surface area (Å²) in [6.45, 7) is 6.20. The summed E-state index contributed by atoms with van der Waals surface area (Å²) >= 11 is 0. The topological polar surface area (TPSA) is 26.3 Å². The predicted octanol–water partition coefficient (Wildman–Crippen LogP) is 1.79. The summed E-state index contributed by atoms with van der Waals surface area (Å²) in [6, 6.07) is 0. The number of hydrogen-bond acceptors (Lipinski definition) is 2. The Kier molecular flexibility index (Phi) is 9.81. The second-order valence-corrected chi connectivity index (χ2v) is 3.27. The van der Waals surface area contributed by atoms with Gasteiger partial charge in [0.05, 0.1) is 6.10 Å². The Labute approximate surface area is 89.3 Å². The van der Waals surface area contributed by atoms with Gasteiger partial charge in [0.2, 0.25) is 0 Å². The third-order valence-corrected chi connectivity index (χ3v) is 1.90. The van der Waals surface area contributed by atoms with Crippen LogP contribution in [0.1, 0.15) is 27.2 Å². The first-order chi connectivity index (χ1) is 5.13. The van der Waals surface area contributed by atoms with Gasteiger partial charge in [0, 0.05) is 28.2 Å². The summed E-state index contributed by atoms with van der Waals surface area (Å²) in [6.07, 6.45) is 2.55. The maximum atomic E-state index is 10.1. The van der Waals surface area contributed by atoms with E-state index in [9.17, 15) is 4.79 Å². The first-order valence-corrected chi connectivity index (χ1v) is 4.01. The second kappa shape index (κ2) is 7.94. The Bertz CT molecular complexity index is 115. The van der Waals surface area contributed by atoms with Crippen molar-refractivity contribution in [2.75, 3.05) is 7.11 Å². The van der Waals surface area contributed by atoms with Gasteiger partial charge in [-0.3, -0.25) is 6.29 Å². The molecular weight excluding hydrogens is 324 g/mol. The second-order valence-electron chi connectivity index (χ2n) is 3.27. The van der Waals surface area contributed by atoms with Crippen molar-refractivity contribution in [1.29, 1.82) is 0 Å². The van der Waals surface area contributed by atoms with E-state index < -0.39 is 0 Å². The zero-order valence-electron chi connectivity index (χ0n) is 8.16. The monoisotopic (exact) mass is 341 g/mol. The van der Waals surface area contributed by atoms with Crippen LogP contribution in [-0.2, 0) is 30.6 Å². The van der Waals surface area contributed by atoms with Gasteiger partial charge >= 0.3 is 0 Å². The maximum absolute atomic E-state index is 10.1. The molecule has 0 amide bonds. The van der Waals surface area contributed by atoms with Crippen molar-refractivity contribution < 1.29 is 30.6 Å². The molecule has 0 aliphatic carbocycles. The van der Waals surface area contributed by atoms with Crippen LogP contribution in [0.4, 0.5) is 0 Å². The van der Waals surface area contributed by atoms with Gasteiger partial charge in [0.25, 0.3) is 0 Å². The molecule has 2 atom stereocenters. The molecule has 0 aromatic carbocycles. The molecule has 0 N–H and O–H groups in total. The molecule has 0 rings (SSSR count). The van der Waals surface area contributed by atoms with Crippen molar-refractivity contribution in [1.82, 2.24) is 0 Å². The number of rotatable bonds is 5. The summed E-state index contributed by atoms with van der Waals surface area (Å²) in [7, 11) is 1.69. The van der Waals surface area contributed by atoms with Crippen LogP contribution in [0.5, 0.6) is 0 Å². The molecule has 0 saturated carbocycles. The van der Waals surface area contributed by atoms with Gasteiger partial charge in [0.1, 0.15) is 0 Å². The molecule has 0 spiro atoms. The smallest absolute Gasteiger partial charge is 0.0597 e. The molecule has 0 aliphatic heterocycles. The third-order valence-electron chi connectivity index (χ3n) is 1.90. The molecule has 0 radical (unpaired) electrons. The summed E-state index contributed by atoms with van der Waals surface area (Å²) in [5, 5.41) is 0. The van der Waals surface area contributed by atoms with Crippen molar-refractivity contribution in [3.63, 3.8) is 0 Å². The SMILES string of the molecule is CO[C@@H](C(C)C)[C@H](C)C[C-]=O.[W]. The molecule has 0 heterocycles. The van der Waals surface area contributed by atoms with Crippen LogP contribution in [0.3, 0.4) is 0 Å². The fourth-order valence-corrected chi connectivity index (χ4v) is 1.41. The molecule has 0 aromatic heterocycles. The average Bonchev–Trinajstić information content (AvgIpc) is 1.88. The predicted molar refractivity (Wildman–Crippen MR) is 45.1 cm³/mol. The number of ether oxygens (including phenoxy) is 1. The first-order valence-electron chi connectivity index (χ1n) is 4.01. The molecule has 72 valence electrons. The average molecular weight is 341 g/mol. The first kappa shape index (κ1) is 14.8. The van der Waals surface area contributed by atoms with E-state index in [4.69, 9.17) is 4.74 Å². The molecule has 0 unspecified atom stereocenters. The third kappa shape index (κ3) is 5.05. The van der Waals surface area contributed by atoms with Crippen LogP contribution in [0, 0.1) is 11.8 Å². The van der Waals surface area contributed by atoms with Gasteiger partial charge in [-0.05, 0) is 11.8 Å². The fourth-order valence-electron chi connectivity index (χ4n) is 1.41. The minimum absolute atomic E-state index is 0. The fraction of sp³-hybridized carbons (Fsp3) is 0.889. The summed E-state index contributed by atoms with van der Waals surface area (Å²) in [5.41, 5.74) is 0. The quantitative estimate of drug-likeness (QED) is 0.713. The molecular formula is C9H17O2W-. The summed E-state index contributed by atoms with van der Waals surface area (Å²) in [4.78, 5) is 10.1. The van der Waals surface area contributed by atoms with Gasteiger partial charge in [-0.15, -0.1) is 6.42 Å². The molecule has 0 saturated heterocycles. The van der Waals surface area contributed by atoms with Crippen LogP contribution in [0.25, 0.3) is 0 Å². The van der Waals surface area contributed by atoms with Gasteiger partial charge in [-0.2, -0.15) is 0 Å². The molecule has 0 aliphatic rings. The molecule has 3 heteroatoms. The van der Waals surface area contributed by atoms with E-state index in [1.165, 1.54) is 0 Å². The number of methoxy groups -OCH3 is 1. The van der Waals surface area contributed by atoms with E-state index in [2.05, 4.69) is 13.8 Å². The Morgan fingerprint density at radius 2 is 1.83 bits per heavy atom. The Balaban J connectivity index is 0. The van der Waals surface area contributed by atoms with Crippen molar-refractivity contribution in [3.8, 4) is 0 Å². The standard InChI is InChI=1S/C9H17O2.W/c1-7(2)9(11-4)8(3)5-6-10;/h7-9H,5H2,1-4H3;/q-1;/t8-,9+;/m1./s1. The van der Waals surface area contributed by atoms with Crippen LogP contribution < -0.4 is 0 Å². The van der Waals surface area contributed by atoms with Gasteiger partial charge in [-0.25, -0.2) is 0 Å². The Morgan fingerprint density at radius 3 is 2.08 bits per heavy atom. The van der Waals surface area contributed by atoms with Crippen LogP contribution >= 0.6 is 0 Å². The summed E-state index contributed by atoms with van der Waals surface area (Å²) < 4.78 is 5.25. The molecule has 0 aromatic rings. The maximum Gasteiger partial charge on any atom is 0.0597 e. The van der Waals surface area contributed by atoms with E-state index in [1.807, 2.05) is 13.2 Å². The van der Waals surface area contributed by atoms with Crippen LogP contribution in [-0.4, -0.2) is 19.5 Å². The van der Waals surface area contributed by atoms with Crippen molar-refractivity contribution >= 4 is 6.29 Å². The van der Waals surface area contributed by atoms with Gasteiger partial charge in [0.15, 0.2) is 0 Å². The van der Waals surface area contributed by atoms with Gasteiger partial charge in [-0.1, -0.05) is 20.8 Å².